The van der Waals surface area contributed by atoms with Crippen LogP contribution < -0.4 is 5.32 Å². The summed E-state index contributed by atoms with van der Waals surface area (Å²) >= 11 is 0. The molecule has 0 bridgehead atoms. The second kappa shape index (κ2) is 6.02. The zero-order valence-electron chi connectivity index (χ0n) is 12.1. The molecule has 0 atom stereocenters. The first-order chi connectivity index (χ1) is 10.6. The van der Waals surface area contributed by atoms with Gasteiger partial charge in [0.2, 0.25) is 5.91 Å². The number of rotatable bonds is 4. The number of carboxylic acids is 1. The minimum Gasteiger partial charge on any atom is -0.478 e. The van der Waals surface area contributed by atoms with Crippen LogP contribution in [0.25, 0.3) is 11.1 Å². The zero-order valence-corrected chi connectivity index (χ0v) is 12.1. The smallest absolute Gasteiger partial charge is 0.335 e. The van der Waals surface area contributed by atoms with E-state index in [1.165, 1.54) is 0 Å². The van der Waals surface area contributed by atoms with E-state index in [-0.39, 0.29) is 17.4 Å². The summed E-state index contributed by atoms with van der Waals surface area (Å²) in [4.78, 5) is 22.9. The van der Waals surface area contributed by atoms with E-state index in [4.69, 9.17) is 5.11 Å². The minimum absolute atomic E-state index is 0.0876. The Labute approximate surface area is 128 Å². The summed E-state index contributed by atoms with van der Waals surface area (Å²) in [5.74, 6) is -0.698. The Hall–Kier alpha value is -2.62. The number of aromatic carboxylic acids is 1. The van der Waals surface area contributed by atoms with Crippen molar-refractivity contribution in [2.45, 2.75) is 19.3 Å². The van der Waals surface area contributed by atoms with Gasteiger partial charge in [-0.3, -0.25) is 4.79 Å². The summed E-state index contributed by atoms with van der Waals surface area (Å²) in [5.41, 5.74) is 2.91. The lowest BCUT2D eigenvalue weighted by Crippen LogP contribution is -2.27. The van der Waals surface area contributed by atoms with Crippen molar-refractivity contribution in [2.75, 3.05) is 5.32 Å². The predicted molar refractivity (Wildman–Crippen MR) is 84.8 cm³/mol. The van der Waals surface area contributed by atoms with Gasteiger partial charge in [0.25, 0.3) is 0 Å². The van der Waals surface area contributed by atoms with Crippen molar-refractivity contribution in [1.29, 1.82) is 0 Å². The highest BCUT2D eigenvalue weighted by molar-refractivity contribution is 5.93. The Morgan fingerprint density at radius 2 is 1.73 bits per heavy atom. The number of hydrogen-bond acceptors (Lipinski definition) is 2. The topological polar surface area (TPSA) is 66.4 Å². The molecular formula is C18H17NO3. The Morgan fingerprint density at radius 3 is 2.32 bits per heavy atom. The summed E-state index contributed by atoms with van der Waals surface area (Å²) in [7, 11) is 0. The van der Waals surface area contributed by atoms with Crippen molar-refractivity contribution in [2.24, 2.45) is 5.92 Å². The first kappa shape index (κ1) is 14.3. The Kier molecular flexibility index (Phi) is 3.92. The molecule has 4 heteroatoms. The van der Waals surface area contributed by atoms with Crippen LogP contribution in [-0.2, 0) is 4.79 Å². The van der Waals surface area contributed by atoms with Gasteiger partial charge in [0.15, 0.2) is 0 Å². The molecule has 3 rings (SSSR count). The van der Waals surface area contributed by atoms with Gasteiger partial charge in [0.05, 0.1) is 5.56 Å². The summed E-state index contributed by atoms with van der Waals surface area (Å²) in [6.07, 6.45) is 3.08. The van der Waals surface area contributed by atoms with Gasteiger partial charge in [-0.05, 0) is 48.2 Å². The number of anilines is 1. The number of amides is 1. The molecule has 1 fully saturated rings. The number of benzene rings is 2. The molecule has 22 heavy (non-hydrogen) atoms. The van der Waals surface area contributed by atoms with Crippen molar-refractivity contribution in [3.63, 3.8) is 0 Å². The van der Waals surface area contributed by atoms with E-state index in [0.717, 1.165) is 36.1 Å². The zero-order chi connectivity index (χ0) is 15.5. The van der Waals surface area contributed by atoms with Gasteiger partial charge in [-0.25, -0.2) is 4.79 Å². The monoisotopic (exact) mass is 295 g/mol. The van der Waals surface area contributed by atoms with E-state index in [2.05, 4.69) is 5.32 Å². The van der Waals surface area contributed by atoms with Gasteiger partial charge in [-0.15, -0.1) is 0 Å². The molecule has 2 aromatic carbocycles. The minimum atomic E-state index is -0.937. The highest BCUT2D eigenvalue weighted by Crippen LogP contribution is 2.28. The summed E-state index contributed by atoms with van der Waals surface area (Å²) in [6, 6.07) is 14.3. The molecule has 0 unspecified atom stereocenters. The van der Waals surface area contributed by atoms with E-state index in [1.807, 2.05) is 24.3 Å². The summed E-state index contributed by atoms with van der Waals surface area (Å²) in [6.45, 7) is 0. The lowest BCUT2D eigenvalue weighted by atomic mass is 9.85. The van der Waals surface area contributed by atoms with Gasteiger partial charge >= 0.3 is 5.97 Å². The van der Waals surface area contributed by atoms with E-state index < -0.39 is 5.97 Å². The highest BCUT2D eigenvalue weighted by Gasteiger charge is 2.25. The SMILES string of the molecule is O=C(O)c1ccc(-c2cccc(NC(=O)C3CCC3)c2)cc1. The molecule has 0 heterocycles. The van der Waals surface area contributed by atoms with Gasteiger partial charge in [0, 0.05) is 11.6 Å². The van der Waals surface area contributed by atoms with E-state index in [9.17, 15) is 9.59 Å². The third kappa shape index (κ3) is 3.01. The van der Waals surface area contributed by atoms with Crippen molar-refractivity contribution in [1.82, 2.24) is 0 Å². The van der Waals surface area contributed by atoms with Crippen LogP contribution in [0.15, 0.2) is 48.5 Å². The number of carbonyl (C=O) groups excluding carboxylic acids is 1. The third-order valence-corrected chi connectivity index (χ3v) is 4.07. The molecule has 2 N–H and O–H groups in total. The van der Waals surface area contributed by atoms with Crippen molar-refractivity contribution in [3.8, 4) is 11.1 Å². The maximum absolute atomic E-state index is 12.0. The lowest BCUT2D eigenvalue weighted by Gasteiger charge is -2.24. The molecule has 0 aromatic heterocycles. The molecule has 1 aliphatic carbocycles. The van der Waals surface area contributed by atoms with Gasteiger partial charge in [-0.1, -0.05) is 30.7 Å². The second-order valence-corrected chi connectivity index (χ2v) is 5.58. The molecule has 4 nitrogen and oxygen atoms in total. The van der Waals surface area contributed by atoms with Crippen LogP contribution in [0.2, 0.25) is 0 Å². The second-order valence-electron chi connectivity index (χ2n) is 5.58. The molecule has 2 aromatic rings. The quantitative estimate of drug-likeness (QED) is 0.901. The predicted octanol–water partition coefficient (Wildman–Crippen LogP) is 3.79. The van der Waals surface area contributed by atoms with Crippen molar-refractivity contribution < 1.29 is 14.7 Å². The maximum Gasteiger partial charge on any atom is 0.335 e. The first-order valence-electron chi connectivity index (χ1n) is 7.38. The fourth-order valence-electron chi connectivity index (χ4n) is 2.50. The Bertz CT molecular complexity index is 703. The van der Waals surface area contributed by atoms with Crippen LogP contribution in [0, 0.1) is 5.92 Å². The maximum atomic E-state index is 12.0. The highest BCUT2D eigenvalue weighted by atomic mass is 16.4. The molecule has 112 valence electrons. The first-order valence-corrected chi connectivity index (χ1v) is 7.38. The van der Waals surface area contributed by atoms with Crippen LogP contribution in [0.1, 0.15) is 29.6 Å². The summed E-state index contributed by atoms with van der Waals surface area (Å²) < 4.78 is 0. The Morgan fingerprint density at radius 1 is 1.00 bits per heavy atom. The average molecular weight is 295 g/mol. The fourth-order valence-corrected chi connectivity index (χ4v) is 2.50. The Balaban J connectivity index is 1.78. The molecule has 1 saturated carbocycles. The van der Waals surface area contributed by atoms with Crippen LogP contribution in [0.5, 0.6) is 0 Å². The number of nitrogens with one attached hydrogen (secondary N) is 1. The van der Waals surface area contributed by atoms with Crippen LogP contribution in [-0.4, -0.2) is 17.0 Å². The number of carboxylic acid groups (broad SMARTS) is 1. The lowest BCUT2D eigenvalue weighted by molar-refractivity contribution is -0.122. The van der Waals surface area contributed by atoms with E-state index >= 15 is 0 Å². The normalized spacial score (nSPS) is 14.2. The van der Waals surface area contributed by atoms with Gasteiger partial charge in [0.1, 0.15) is 0 Å². The van der Waals surface area contributed by atoms with Crippen molar-refractivity contribution in [3.05, 3.63) is 54.1 Å². The van der Waals surface area contributed by atoms with Crippen LogP contribution in [0.4, 0.5) is 5.69 Å². The van der Waals surface area contributed by atoms with E-state index in [0.29, 0.717) is 0 Å². The molecule has 1 aliphatic rings. The van der Waals surface area contributed by atoms with E-state index in [1.54, 1.807) is 24.3 Å². The molecule has 1 amide bonds. The van der Waals surface area contributed by atoms with Crippen LogP contribution >= 0.6 is 0 Å². The molecular weight excluding hydrogens is 278 g/mol. The molecule has 0 aliphatic heterocycles. The summed E-state index contributed by atoms with van der Waals surface area (Å²) in [5, 5.41) is 11.9. The standard InChI is InChI=1S/C18H17NO3/c20-17(13-3-1-4-13)19-16-6-2-5-15(11-16)12-7-9-14(10-8-12)18(21)22/h2,5-11,13H,1,3-4H2,(H,19,20)(H,21,22). The molecule has 0 radical (unpaired) electrons. The van der Waals surface area contributed by atoms with Crippen molar-refractivity contribution >= 4 is 17.6 Å². The molecule has 0 saturated heterocycles. The van der Waals surface area contributed by atoms with Gasteiger partial charge < -0.3 is 10.4 Å². The van der Waals surface area contributed by atoms with Crippen LogP contribution in [0.3, 0.4) is 0 Å². The third-order valence-electron chi connectivity index (χ3n) is 4.07. The number of hydrogen-bond donors (Lipinski definition) is 2. The fraction of sp³-hybridized carbons (Fsp3) is 0.222. The molecule has 0 spiro atoms. The number of carbonyl (C=O) groups is 2. The average Bonchev–Trinajstić information content (AvgIpc) is 2.45. The van der Waals surface area contributed by atoms with Gasteiger partial charge in [-0.2, -0.15) is 0 Å². The largest absolute Gasteiger partial charge is 0.478 e.